The van der Waals surface area contributed by atoms with Crippen molar-refractivity contribution in [1.29, 1.82) is 0 Å². The Kier molecular flexibility index (Phi) is 15.0. The Hall–Kier alpha value is -6.11. The van der Waals surface area contributed by atoms with Crippen molar-refractivity contribution in [2.45, 2.75) is 157 Å². The van der Waals surface area contributed by atoms with Gasteiger partial charge in [0.25, 0.3) is 21.6 Å². The van der Waals surface area contributed by atoms with Crippen LogP contribution in [0.5, 0.6) is 17.4 Å². The molecule has 2 aromatic heterocycles. The molecule has 3 aromatic carbocycles. The van der Waals surface area contributed by atoms with Gasteiger partial charge in [-0.25, -0.2) is 22.1 Å². The third kappa shape index (κ3) is 10.9. The highest BCUT2D eigenvalue weighted by atomic mass is 32.2. The number of phosphoric ester groups is 1. The van der Waals surface area contributed by atoms with Gasteiger partial charge in [-0.2, -0.15) is 4.98 Å². The monoisotopic (exact) mass is 1200 g/mol. The van der Waals surface area contributed by atoms with E-state index in [-0.39, 0.29) is 85.0 Å². The fourth-order valence-electron chi connectivity index (χ4n) is 14.4. The Morgan fingerprint density at radius 3 is 2.42 bits per heavy atom. The Labute approximate surface area is 487 Å². The number of sulfonamides is 1. The molecular weight excluding hydrogens is 1130 g/mol. The van der Waals surface area contributed by atoms with Crippen LogP contribution in [0.2, 0.25) is 0 Å². The van der Waals surface area contributed by atoms with E-state index >= 15 is 4.39 Å². The maximum atomic E-state index is 16.7. The van der Waals surface area contributed by atoms with Gasteiger partial charge in [0.15, 0.2) is 11.4 Å². The maximum Gasteiger partial charge on any atom is 0.470 e. The Balaban J connectivity index is 0.831. The summed E-state index contributed by atoms with van der Waals surface area (Å²) in [7, 11) is -9.77. The van der Waals surface area contributed by atoms with Crippen LogP contribution in [-0.4, -0.2) is 137 Å². The number of nitro groups is 1. The third-order valence-electron chi connectivity index (χ3n) is 19.2. The zero-order valence-corrected chi connectivity index (χ0v) is 49.8. The van der Waals surface area contributed by atoms with Gasteiger partial charge < -0.3 is 53.6 Å². The molecule has 3 saturated heterocycles. The summed E-state index contributed by atoms with van der Waals surface area (Å²) >= 11 is 0. The van der Waals surface area contributed by atoms with Gasteiger partial charge in [0, 0.05) is 72.9 Å². The van der Waals surface area contributed by atoms with Gasteiger partial charge in [-0.1, -0.05) is 25.1 Å². The Morgan fingerprint density at radius 1 is 0.940 bits per heavy atom. The van der Waals surface area contributed by atoms with Crippen molar-refractivity contribution in [2.75, 3.05) is 61.2 Å². The molecule has 22 nitrogen and oxygen atoms in total. The van der Waals surface area contributed by atoms with E-state index in [1.807, 2.05) is 35.2 Å². The number of nitrogens with zero attached hydrogens (tertiary/aromatic N) is 5. The van der Waals surface area contributed by atoms with Crippen LogP contribution in [0.4, 0.5) is 32.8 Å². The normalized spacial score (nSPS) is 28.6. The predicted octanol–water partition coefficient (Wildman–Crippen LogP) is 9.63. The Morgan fingerprint density at radius 2 is 1.69 bits per heavy atom. The van der Waals surface area contributed by atoms with Gasteiger partial charge >= 0.3 is 7.82 Å². The van der Waals surface area contributed by atoms with Crippen LogP contribution >= 0.6 is 7.82 Å². The fourth-order valence-corrected chi connectivity index (χ4v) is 16.2. The van der Waals surface area contributed by atoms with Crippen LogP contribution in [0.3, 0.4) is 0 Å². The number of carbonyl (C=O) groups excluding carboxylic acids is 1. The van der Waals surface area contributed by atoms with Crippen molar-refractivity contribution in [3.63, 3.8) is 0 Å². The molecule has 7 aliphatic rings. The zero-order chi connectivity index (χ0) is 59.3. The minimum absolute atomic E-state index is 0.00808. The second-order valence-electron chi connectivity index (χ2n) is 25.1. The molecular formula is C59H74FN8O14PS. The van der Waals surface area contributed by atoms with Crippen LogP contribution in [-0.2, 0) is 28.6 Å². The number of H-pyrrole nitrogens is 1. The fraction of sp³-hybridized carbons (Fsp3) is 0.559. The van der Waals surface area contributed by atoms with E-state index in [9.17, 15) is 37.7 Å². The molecule has 452 valence electrons. The first-order valence-corrected chi connectivity index (χ1v) is 32.1. The molecule has 12 rings (SSSR count). The molecule has 0 unspecified atom stereocenters. The van der Waals surface area contributed by atoms with Gasteiger partial charge in [-0.3, -0.25) is 24.3 Å². The molecule has 5 aromatic rings. The van der Waals surface area contributed by atoms with Gasteiger partial charge in [0.2, 0.25) is 5.88 Å². The lowest BCUT2D eigenvalue weighted by Gasteiger charge is -2.64. The first kappa shape index (κ1) is 58.3. The number of piperidine rings is 1. The summed E-state index contributed by atoms with van der Waals surface area (Å²) in [5.74, 6) is 0.314. The number of halogens is 1. The largest absolute Gasteiger partial charge is 0.491 e. The van der Waals surface area contributed by atoms with Crippen molar-refractivity contribution in [3.05, 3.63) is 94.2 Å². The van der Waals surface area contributed by atoms with Gasteiger partial charge in [0.1, 0.15) is 35.5 Å². The smallest absolute Gasteiger partial charge is 0.470 e. The average molecular weight is 1200 g/mol. The first-order chi connectivity index (χ1) is 39.8. The van der Waals surface area contributed by atoms with Gasteiger partial charge in [0.05, 0.1) is 64.1 Å². The van der Waals surface area contributed by atoms with Crippen LogP contribution in [0.25, 0.3) is 11.0 Å². The second-order valence-corrected chi connectivity index (χ2v) is 28.0. The molecule has 6 atom stereocenters. The number of nitro benzene ring substituents is 1. The molecule has 0 radical (unpaired) electrons. The number of hydrogen-bond donors (Lipinski definition) is 5. The number of rotatable bonds is 13. The van der Waals surface area contributed by atoms with E-state index in [1.165, 1.54) is 6.92 Å². The predicted molar refractivity (Wildman–Crippen MR) is 311 cm³/mol. The number of hydrogen-bond acceptors (Lipinski definition) is 17. The number of pyridine rings is 1. The lowest BCUT2D eigenvalue weighted by molar-refractivity contribution is -0.384. The van der Waals surface area contributed by atoms with Crippen molar-refractivity contribution >= 4 is 63.2 Å². The van der Waals surface area contributed by atoms with Crippen molar-refractivity contribution in [3.8, 4) is 17.4 Å². The quantitative estimate of drug-likeness (QED) is 0.0417. The minimum Gasteiger partial charge on any atom is -0.491 e. The van der Waals surface area contributed by atoms with E-state index < -0.39 is 62.7 Å². The number of para-hydroxylation sites is 1. The summed E-state index contributed by atoms with van der Waals surface area (Å²) < 4.78 is 95.7. The number of carbonyl (C=O) groups is 1. The molecule has 2 saturated carbocycles. The van der Waals surface area contributed by atoms with Crippen LogP contribution in [0.1, 0.15) is 121 Å². The zero-order valence-electron chi connectivity index (χ0n) is 48.0. The summed E-state index contributed by atoms with van der Waals surface area (Å²) in [6.45, 7) is 15.7. The van der Waals surface area contributed by atoms with E-state index in [0.717, 1.165) is 73.3 Å². The number of alkyl halides is 1. The number of fused-ring (bicyclic) bond motifs is 4. The lowest BCUT2D eigenvalue weighted by Crippen LogP contribution is -2.65. The SMILES string of the molecule is CC(C)Oc1ccccc1[C@@H]1COCCC(C)(C)N1[C@@H]1CC2(CCN(c3ccc(C(=O)NS(=O)(=O)c4cc5c(c([N+](=O)[O-])c4)N[C@@H](C4(F)CCC(C)(OP(=O)(O)O)CC4)CO5)c(N4c5cc6cc[nH]c6nc5O[C@H]5COCC[C@@H]54)c3)CC2)[C@H]1C. The topological polar surface area (TPSA) is 270 Å². The summed E-state index contributed by atoms with van der Waals surface area (Å²) in [6.07, 6.45) is 5.02. The summed E-state index contributed by atoms with van der Waals surface area (Å²) in [5, 5.41) is 16.4. The van der Waals surface area contributed by atoms with Crippen LogP contribution in [0, 0.1) is 21.4 Å². The highest BCUT2D eigenvalue weighted by molar-refractivity contribution is 7.90. The number of nitrogens with one attached hydrogen (secondary N) is 3. The standard InChI is InChI=1S/C59H74FN8O14PS/c1-35(2)80-48-10-8-7-9-40(48)47-32-78-26-21-56(4,5)67(47)46-31-58(36(46)3)19-23-65(24-20-58)38-11-12-41(43(28-38)66-42-14-25-77-33-50(42)81-55-45(66)27-37-13-22-61-53(37)63-55)54(69)64-84(75,76)39-29-44(68(70)71)52-49(30-39)79-34-51(62-52)59(60)17-15-57(6,16-18-59)82-83(72,73)74/h7-13,22,27-30,35-36,42,46-47,50-51,62H,14-21,23-26,31-34H2,1-6H3,(H,61,63)(H,64,69)(H2,72,73,74)/t36-,42-,46+,47-,50-,51+,57?,59?/m0/s1. The molecule has 7 heterocycles. The van der Waals surface area contributed by atoms with Crippen molar-refractivity contribution in [2.24, 2.45) is 11.3 Å². The van der Waals surface area contributed by atoms with E-state index in [2.05, 4.69) is 77.6 Å². The van der Waals surface area contributed by atoms with Crippen LogP contribution < -0.4 is 34.0 Å². The number of ether oxygens (including phenoxy) is 5. The van der Waals surface area contributed by atoms with Crippen LogP contribution in [0.15, 0.2) is 77.8 Å². The summed E-state index contributed by atoms with van der Waals surface area (Å²) in [4.78, 5) is 60.2. The second kappa shape index (κ2) is 21.7. The summed E-state index contributed by atoms with van der Waals surface area (Å²) in [5.41, 5.74) is -0.839. The van der Waals surface area contributed by atoms with E-state index in [0.29, 0.717) is 61.1 Å². The molecule has 84 heavy (non-hydrogen) atoms. The van der Waals surface area contributed by atoms with E-state index in [4.69, 9.17) is 33.2 Å². The molecule has 5 N–H and O–H groups in total. The number of phosphoric acid groups is 1. The van der Waals surface area contributed by atoms with E-state index in [1.54, 1.807) is 12.3 Å². The molecule has 25 heteroatoms. The minimum atomic E-state index is -4.89. The highest BCUT2D eigenvalue weighted by Gasteiger charge is 2.58. The number of benzene rings is 3. The van der Waals surface area contributed by atoms with Gasteiger partial charge in [-0.05, 0) is 140 Å². The molecule has 1 spiro atoms. The van der Waals surface area contributed by atoms with Gasteiger partial charge in [-0.15, -0.1) is 0 Å². The Bertz CT molecular complexity index is 3530. The number of amides is 1. The summed E-state index contributed by atoms with van der Waals surface area (Å²) in [6, 6.07) is 18.2. The average Bonchev–Trinajstić information content (AvgIpc) is 1.09. The third-order valence-corrected chi connectivity index (χ3v) is 21.1. The molecule has 2 aliphatic carbocycles. The number of anilines is 4. The first-order valence-electron chi connectivity index (χ1n) is 29.1. The number of aromatic amines is 1. The number of aromatic nitrogens is 2. The maximum absolute atomic E-state index is 16.7. The molecule has 5 aliphatic heterocycles. The molecule has 1 amide bonds. The van der Waals surface area contributed by atoms with Crippen molar-refractivity contribution in [1.82, 2.24) is 19.6 Å². The molecule has 5 fully saturated rings. The van der Waals surface area contributed by atoms with Crippen molar-refractivity contribution < 1.29 is 65.1 Å². The highest BCUT2D eigenvalue weighted by Crippen LogP contribution is 2.59. The lowest BCUT2D eigenvalue weighted by atomic mass is 9.52. The molecule has 0 bridgehead atoms.